The van der Waals surface area contributed by atoms with Gasteiger partial charge in [0.25, 0.3) is 5.91 Å². The summed E-state index contributed by atoms with van der Waals surface area (Å²) in [5, 5.41) is 1.54. The number of furan rings is 1. The van der Waals surface area contributed by atoms with Crippen molar-refractivity contribution in [3.63, 3.8) is 0 Å². The highest BCUT2D eigenvalue weighted by Gasteiger charge is 2.26. The molecule has 0 unspecified atom stereocenters. The highest BCUT2D eigenvalue weighted by molar-refractivity contribution is 6.31. The first-order valence-corrected chi connectivity index (χ1v) is 7.17. The second kappa shape index (κ2) is 6.26. The lowest BCUT2D eigenvalue weighted by Crippen LogP contribution is -2.42. The Morgan fingerprint density at radius 2 is 2.05 bits per heavy atom. The minimum atomic E-state index is -0.0540. The third-order valence-electron chi connectivity index (χ3n) is 3.92. The van der Waals surface area contributed by atoms with E-state index in [1.807, 2.05) is 17.9 Å². The molecule has 1 fully saturated rings. The van der Waals surface area contributed by atoms with Crippen LogP contribution in [-0.4, -0.2) is 29.9 Å². The normalized spacial score (nSPS) is 16.0. The van der Waals surface area contributed by atoms with Crippen LogP contribution >= 0.6 is 24.0 Å². The number of piperidine rings is 1. The molecular formula is C15H18Cl2N2O2. The second-order valence-electron chi connectivity index (χ2n) is 5.33. The molecule has 2 heterocycles. The van der Waals surface area contributed by atoms with Crippen LogP contribution in [0.15, 0.2) is 22.6 Å². The number of nitrogens with two attached hydrogens (primary N) is 1. The highest BCUT2D eigenvalue weighted by atomic mass is 35.5. The van der Waals surface area contributed by atoms with Gasteiger partial charge in [-0.2, -0.15) is 0 Å². The molecule has 1 aromatic heterocycles. The molecule has 1 aliphatic rings. The van der Waals surface area contributed by atoms with Crippen molar-refractivity contribution in [2.75, 3.05) is 13.1 Å². The lowest BCUT2D eigenvalue weighted by Gasteiger charge is -2.29. The molecule has 0 spiro atoms. The van der Waals surface area contributed by atoms with Gasteiger partial charge in [-0.05, 0) is 38.0 Å². The molecule has 0 atom stereocenters. The largest absolute Gasteiger partial charge is 0.451 e. The number of nitrogens with zero attached hydrogens (tertiary/aromatic N) is 1. The van der Waals surface area contributed by atoms with Crippen molar-refractivity contribution in [1.29, 1.82) is 0 Å². The predicted molar refractivity (Wildman–Crippen MR) is 86.3 cm³/mol. The first kappa shape index (κ1) is 16.1. The van der Waals surface area contributed by atoms with Crippen LogP contribution in [0.25, 0.3) is 11.0 Å². The molecular weight excluding hydrogens is 311 g/mol. The maximum absolute atomic E-state index is 12.5. The monoisotopic (exact) mass is 328 g/mol. The van der Waals surface area contributed by atoms with Gasteiger partial charge in [0, 0.05) is 35.1 Å². The lowest BCUT2D eigenvalue weighted by molar-refractivity contribution is 0.0684. The Kier molecular flexibility index (Phi) is 4.81. The summed E-state index contributed by atoms with van der Waals surface area (Å²) in [4.78, 5) is 14.4. The van der Waals surface area contributed by atoms with E-state index >= 15 is 0 Å². The lowest BCUT2D eigenvalue weighted by atomic mass is 10.1. The van der Waals surface area contributed by atoms with E-state index in [1.165, 1.54) is 0 Å². The summed E-state index contributed by atoms with van der Waals surface area (Å²) >= 11 is 5.99. The van der Waals surface area contributed by atoms with Gasteiger partial charge in [-0.15, -0.1) is 12.4 Å². The molecule has 6 heteroatoms. The Morgan fingerprint density at radius 3 is 2.71 bits per heavy atom. The quantitative estimate of drug-likeness (QED) is 0.872. The van der Waals surface area contributed by atoms with Gasteiger partial charge in [-0.3, -0.25) is 4.79 Å². The minimum absolute atomic E-state index is 0. The third-order valence-corrected chi connectivity index (χ3v) is 4.15. The van der Waals surface area contributed by atoms with Crippen molar-refractivity contribution < 1.29 is 9.21 Å². The van der Waals surface area contributed by atoms with Crippen LogP contribution in [0.1, 0.15) is 29.0 Å². The molecule has 0 aliphatic carbocycles. The Morgan fingerprint density at radius 1 is 1.38 bits per heavy atom. The van der Waals surface area contributed by atoms with Crippen LogP contribution in [0.5, 0.6) is 0 Å². The number of amides is 1. The van der Waals surface area contributed by atoms with Gasteiger partial charge in [0.15, 0.2) is 5.76 Å². The van der Waals surface area contributed by atoms with E-state index < -0.39 is 0 Å². The van der Waals surface area contributed by atoms with Crippen molar-refractivity contribution in [3.8, 4) is 0 Å². The fraction of sp³-hybridized carbons (Fsp3) is 0.400. The zero-order valence-corrected chi connectivity index (χ0v) is 13.3. The molecule has 2 aromatic rings. The minimum Gasteiger partial charge on any atom is -0.451 e. The summed E-state index contributed by atoms with van der Waals surface area (Å²) in [7, 11) is 0. The van der Waals surface area contributed by atoms with Crippen molar-refractivity contribution >= 4 is 40.9 Å². The Hall–Kier alpha value is -1.23. The standard InChI is InChI=1S/C15H17ClN2O2.ClH/c1-9-12-8-10(16)2-3-13(12)20-14(9)15(19)18-6-4-11(17)5-7-18;/h2-3,8,11H,4-7,17H2,1H3;1H. The number of benzene rings is 1. The van der Waals surface area contributed by atoms with Crippen LogP contribution in [0, 0.1) is 6.92 Å². The predicted octanol–water partition coefficient (Wildman–Crippen LogP) is 3.38. The molecule has 3 rings (SSSR count). The maximum atomic E-state index is 12.5. The van der Waals surface area contributed by atoms with Crippen LogP contribution in [0.4, 0.5) is 0 Å². The van der Waals surface area contributed by atoms with E-state index in [4.69, 9.17) is 21.8 Å². The van der Waals surface area contributed by atoms with Crippen molar-refractivity contribution in [2.45, 2.75) is 25.8 Å². The average Bonchev–Trinajstić information content (AvgIpc) is 2.76. The number of likely N-dealkylation sites (tertiary alicyclic amines) is 1. The number of hydrogen-bond acceptors (Lipinski definition) is 3. The summed E-state index contributed by atoms with van der Waals surface area (Å²) in [6, 6.07) is 5.60. The van der Waals surface area contributed by atoms with Crippen LogP contribution in [0.2, 0.25) is 5.02 Å². The van der Waals surface area contributed by atoms with E-state index in [-0.39, 0.29) is 24.4 Å². The number of carbonyl (C=O) groups excluding carboxylic acids is 1. The smallest absolute Gasteiger partial charge is 0.289 e. The molecule has 4 nitrogen and oxygen atoms in total. The average molecular weight is 329 g/mol. The van der Waals surface area contributed by atoms with Gasteiger partial charge < -0.3 is 15.1 Å². The first-order chi connectivity index (χ1) is 9.56. The third kappa shape index (κ3) is 3.03. The molecule has 21 heavy (non-hydrogen) atoms. The molecule has 1 aliphatic heterocycles. The topological polar surface area (TPSA) is 59.5 Å². The molecule has 1 saturated heterocycles. The summed E-state index contributed by atoms with van der Waals surface area (Å²) in [5.41, 5.74) is 7.42. The zero-order chi connectivity index (χ0) is 14.3. The van der Waals surface area contributed by atoms with Crippen LogP contribution < -0.4 is 5.73 Å². The Balaban J connectivity index is 0.00000161. The molecule has 1 amide bonds. The van der Waals surface area contributed by atoms with E-state index in [1.54, 1.807) is 12.1 Å². The van der Waals surface area contributed by atoms with Gasteiger partial charge in [-0.25, -0.2) is 0 Å². The number of carbonyl (C=O) groups is 1. The summed E-state index contributed by atoms with van der Waals surface area (Å²) in [5.74, 6) is 0.361. The van der Waals surface area contributed by atoms with E-state index in [0.717, 1.165) is 23.8 Å². The van der Waals surface area contributed by atoms with Gasteiger partial charge in [0.1, 0.15) is 5.58 Å². The first-order valence-electron chi connectivity index (χ1n) is 6.80. The number of rotatable bonds is 1. The summed E-state index contributed by atoms with van der Waals surface area (Å²) in [6.45, 7) is 3.28. The fourth-order valence-corrected chi connectivity index (χ4v) is 2.82. The number of aryl methyl sites for hydroxylation is 1. The molecule has 114 valence electrons. The molecule has 0 bridgehead atoms. The highest BCUT2D eigenvalue weighted by Crippen LogP contribution is 2.29. The second-order valence-corrected chi connectivity index (χ2v) is 5.76. The van der Waals surface area contributed by atoms with Crippen LogP contribution in [0.3, 0.4) is 0 Å². The fourth-order valence-electron chi connectivity index (χ4n) is 2.64. The Labute approximate surface area is 134 Å². The zero-order valence-electron chi connectivity index (χ0n) is 11.8. The SMILES string of the molecule is Cc1c(C(=O)N2CCC(N)CC2)oc2ccc(Cl)cc12.Cl. The number of fused-ring (bicyclic) bond motifs is 1. The van der Waals surface area contributed by atoms with Crippen LogP contribution in [-0.2, 0) is 0 Å². The van der Waals surface area contributed by atoms with Crippen molar-refractivity contribution in [1.82, 2.24) is 4.90 Å². The number of hydrogen-bond donors (Lipinski definition) is 1. The van der Waals surface area contributed by atoms with E-state index in [0.29, 0.717) is 29.5 Å². The van der Waals surface area contributed by atoms with E-state index in [2.05, 4.69) is 0 Å². The summed E-state index contributed by atoms with van der Waals surface area (Å²) in [6.07, 6.45) is 1.69. The van der Waals surface area contributed by atoms with Gasteiger partial charge in [-0.1, -0.05) is 11.6 Å². The van der Waals surface area contributed by atoms with E-state index in [9.17, 15) is 4.79 Å². The van der Waals surface area contributed by atoms with Gasteiger partial charge in [0.05, 0.1) is 0 Å². The van der Waals surface area contributed by atoms with Crippen molar-refractivity contribution in [2.24, 2.45) is 5.73 Å². The molecule has 0 radical (unpaired) electrons. The Bertz CT molecular complexity index is 661. The molecule has 1 aromatic carbocycles. The van der Waals surface area contributed by atoms with Crippen molar-refractivity contribution in [3.05, 3.63) is 34.5 Å². The summed E-state index contributed by atoms with van der Waals surface area (Å²) < 4.78 is 5.71. The van der Waals surface area contributed by atoms with Gasteiger partial charge in [0.2, 0.25) is 0 Å². The molecule has 0 saturated carbocycles. The number of halogens is 2. The molecule has 2 N–H and O–H groups in total. The maximum Gasteiger partial charge on any atom is 0.289 e. The van der Waals surface area contributed by atoms with Gasteiger partial charge >= 0.3 is 0 Å².